The van der Waals surface area contributed by atoms with E-state index in [0.717, 1.165) is 16.9 Å². The predicted molar refractivity (Wildman–Crippen MR) is 134 cm³/mol. The van der Waals surface area contributed by atoms with Gasteiger partial charge >= 0.3 is 5.97 Å². The van der Waals surface area contributed by atoms with Crippen molar-refractivity contribution in [3.8, 4) is 5.75 Å². The van der Waals surface area contributed by atoms with Crippen molar-refractivity contribution in [1.29, 1.82) is 0 Å². The molecule has 4 rings (SSSR count). The van der Waals surface area contributed by atoms with Crippen molar-refractivity contribution < 1.29 is 14.3 Å². The third-order valence-electron chi connectivity index (χ3n) is 5.22. The number of hydrogen-bond acceptors (Lipinski definition) is 7. The second-order valence-corrected chi connectivity index (χ2v) is 9.41. The lowest BCUT2D eigenvalue weighted by atomic mass is 9.95. The number of esters is 1. The third kappa shape index (κ3) is 5.23. The van der Waals surface area contributed by atoms with Crippen molar-refractivity contribution in [2.75, 3.05) is 11.9 Å². The predicted octanol–water partition coefficient (Wildman–Crippen LogP) is 5.86. The molecule has 1 aromatic heterocycles. The molecule has 0 spiro atoms. The molecule has 1 aliphatic rings. The molecule has 0 aliphatic carbocycles. The maximum absolute atomic E-state index is 13.1. The van der Waals surface area contributed by atoms with E-state index in [2.05, 4.69) is 10.3 Å². The molecule has 2 aromatic carbocycles. The Morgan fingerprint density at radius 2 is 1.94 bits per heavy atom. The Bertz CT molecular complexity index is 1210. The first-order chi connectivity index (χ1) is 16.4. The molecule has 9 heteroatoms. The van der Waals surface area contributed by atoms with Crippen LogP contribution >= 0.6 is 23.4 Å². The highest BCUT2D eigenvalue weighted by atomic mass is 35.5. The zero-order valence-corrected chi connectivity index (χ0v) is 21.1. The fourth-order valence-electron chi connectivity index (χ4n) is 3.71. The maximum atomic E-state index is 13.1. The summed E-state index contributed by atoms with van der Waals surface area (Å²) in [7, 11) is 0. The van der Waals surface area contributed by atoms with Crippen LogP contribution in [0.3, 0.4) is 0 Å². The van der Waals surface area contributed by atoms with Crippen LogP contribution in [-0.4, -0.2) is 33.4 Å². The van der Waals surface area contributed by atoms with Gasteiger partial charge in [0, 0.05) is 16.5 Å². The largest absolute Gasteiger partial charge is 0.494 e. The van der Waals surface area contributed by atoms with Crippen molar-refractivity contribution >= 4 is 35.3 Å². The van der Waals surface area contributed by atoms with Gasteiger partial charge in [0.1, 0.15) is 11.8 Å². The van der Waals surface area contributed by atoms with Crippen LogP contribution in [-0.2, 0) is 15.3 Å². The standard InChI is InChI=1S/C25H27ClN4O3S/c1-5-32-19-12-10-17(11-13-19)22-21(23(31)33-15(2)3)16(4)27-24-28-25(29-30(22)24)34-14-18-8-6-7-9-20(18)26/h6-13,15,22H,5,14H2,1-4H3,(H,27,28,29). The first-order valence-electron chi connectivity index (χ1n) is 11.1. The van der Waals surface area contributed by atoms with Crippen LogP contribution in [0.2, 0.25) is 5.02 Å². The van der Waals surface area contributed by atoms with Crippen LogP contribution in [0.4, 0.5) is 5.95 Å². The molecule has 1 atom stereocenters. The highest BCUT2D eigenvalue weighted by Crippen LogP contribution is 2.38. The number of rotatable bonds is 8. The number of hydrogen-bond donors (Lipinski definition) is 1. The second-order valence-electron chi connectivity index (χ2n) is 8.06. The van der Waals surface area contributed by atoms with Gasteiger partial charge in [-0.3, -0.25) is 0 Å². The van der Waals surface area contributed by atoms with Gasteiger partial charge in [-0.15, -0.1) is 5.10 Å². The molecule has 1 unspecified atom stereocenters. The molecule has 0 amide bonds. The average molecular weight is 499 g/mol. The van der Waals surface area contributed by atoms with Crippen LogP contribution < -0.4 is 10.1 Å². The van der Waals surface area contributed by atoms with Gasteiger partial charge in [0.05, 0.1) is 18.3 Å². The van der Waals surface area contributed by atoms with E-state index >= 15 is 0 Å². The number of nitrogens with zero attached hydrogens (tertiary/aromatic N) is 3. The van der Waals surface area contributed by atoms with Gasteiger partial charge < -0.3 is 14.8 Å². The first kappa shape index (κ1) is 24.2. The number of halogens is 1. The quantitative estimate of drug-likeness (QED) is 0.307. The van der Waals surface area contributed by atoms with Crippen LogP contribution in [0.5, 0.6) is 5.75 Å². The average Bonchev–Trinajstić information content (AvgIpc) is 3.20. The van der Waals surface area contributed by atoms with E-state index < -0.39 is 6.04 Å². The van der Waals surface area contributed by atoms with Crippen molar-refractivity contribution in [3.05, 3.63) is 76.0 Å². The van der Waals surface area contributed by atoms with Gasteiger partial charge in [-0.05, 0) is 57.0 Å². The van der Waals surface area contributed by atoms with E-state index in [1.54, 1.807) is 4.68 Å². The van der Waals surface area contributed by atoms with Crippen LogP contribution in [0, 0.1) is 0 Å². The number of thioether (sulfide) groups is 1. The molecule has 0 bridgehead atoms. The molecular weight excluding hydrogens is 472 g/mol. The van der Waals surface area contributed by atoms with Gasteiger partial charge in [-0.1, -0.05) is 53.7 Å². The van der Waals surface area contributed by atoms with Crippen molar-refractivity contribution in [1.82, 2.24) is 14.8 Å². The van der Waals surface area contributed by atoms with E-state index in [-0.39, 0.29) is 12.1 Å². The normalized spacial score (nSPS) is 15.2. The Morgan fingerprint density at radius 1 is 1.21 bits per heavy atom. The number of nitrogens with one attached hydrogen (secondary N) is 1. The SMILES string of the molecule is CCOc1ccc(C2C(C(=O)OC(C)C)=C(C)Nc3nc(SCc4ccccc4Cl)nn32)cc1. The Morgan fingerprint density at radius 3 is 2.62 bits per heavy atom. The van der Waals surface area contributed by atoms with E-state index in [1.807, 2.05) is 76.2 Å². The lowest BCUT2D eigenvalue weighted by molar-refractivity contribution is -0.143. The molecule has 178 valence electrons. The molecule has 1 aliphatic heterocycles. The highest BCUT2D eigenvalue weighted by molar-refractivity contribution is 7.98. The zero-order chi connectivity index (χ0) is 24.2. The van der Waals surface area contributed by atoms with E-state index in [0.29, 0.717) is 39.8 Å². The number of aromatic nitrogens is 3. The Balaban J connectivity index is 1.69. The Hall–Kier alpha value is -2.97. The molecule has 0 saturated carbocycles. The van der Waals surface area contributed by atoms with Gasteiger partial charge in [0.25, 0.3) is 0 Å². The van der Waals surface area contributed by atoms with Crippen molar-refractivity contribution in [2.45, 2.75) is 50.8 Å². The Labute approximate surface area is 208 Å². The summed E-state index contributed by atoms with van der Waals surface area (Å²) in [5.41, 5.74) is 3.08. The van der Waals surface area contributed by atoms with Gasteiger partial charge in [-0.2, -0.15) is 4.98 Å². The lowest BCUT2D eigenvalue weighted by Crippen LogP contribution is -2.30. The minimum Gasteiger partial charge on any atom is -0.494 e. The van der Waals surface area contributed by atoms with Crippen LogP contribution in [0.25, 0.3) is 0 Å². The summed E-state index contributed by atoms with van der Waals surface area (Å²) in [5, 5.41) is 9.27. The molecule has 3 aromatic rings. The molecule has 0 fully saturated rings. The molecule has 34 heavy (non-hydrogen) atoms. The summed E-state index contributed by atoms with van der Waals surface area (Å²) >= 11 is 7.79. The number of ether oxygens (including phenoxy) is 2. The Kier molecular flexibility index (Phi) is 7.48. The maximum Gasteiger partial charge on any atom is 0.338 e. The summed E-state index contributed by atoms with van der Waals surface area (Å²) in [4.78, 5) is 17.8. The number of carbonyl (C=O) groups excluding carboxylic acids is 1. The van der Waals surface area contributed by atoms with E-state index in [1.165, 1.54) is 11.8 Å². The number of fused-ring (bicyclic) bond motifs is 1. The van der Waals surface area contributed by atoms with Crippen LogP contribution in [0.1, 0.15) is 44.9 Å². The minimum absolute atomic E-state index is 0.243. The monoisotopic (exact) mass is 498 g/mol. The smallest absolute Gasteiger partial charge is 0.338 e. The molecule has 1 N–H and O–H groups in total. The van der Waals surface area contributed by atoms with Gasteiger partial charge in [0.15, 0.2) is 0 Å². The van der Waals surface area contributed by atoms with Crippen molar-refractivity contribution in [3.63, 3.8) is 0 Å². The third-order valence-corrected chi connectivity index (χ3v) is 6.47. The molecule has 0 radical (unpaired) electrons. The summed E-state index contributed by atoms with van der Waals surface area (Å²) in [6.45, 7) is 8.04. The molecular formula is C25H27ClN4O3S. The van der Waals surface area contributed by atoms with Gasteiger partial charge in [-0.25, -0.2) is 9.48 Å². The number of carbonyl (C=O) groups is 1. The van der Waals surface area contributed by atoms with E-state index in [4.69, 9.17) is 26.2 Å². The second kappa shape index (κ2) is 10.5. The summed E-state index contributed by atoms with van der Waals surface area (Å²) < 4.78 is 12.9. The minimum atomic E-state index is -0.486. The lowest BCUT2D eigenvalue weighted by Gasteiger charge is -2.28. The van der Waals surface area contributed by atoms with Crippen molar-refractivity contribution in [2.24, 2.45) is 0 Å². The number of benzene rings is 2. The number of allylic oxidation sites excluding steroid dienone is 1. The summed E-state index contributed by atoms with van der Waals surface area (Å²) in [6.07, 6.45) is -0.243. The fourth-order valence-corrected chi connectivity index (χ4v) is 4.83. The van der Waals surface area contributed by atoms with Crippen LogP contribution in [0.15, 0.2) is 65.0 Å². The molecule has 2 heterocycles. The summed E-state index contributed by atoms with van der Waals surface area (Å²) in [6, 6.07) is 14.9. The van der Waals surface area contributed by atoms with E-state index in [9.17, 15) is 4.79 Å². The summed E-state index contributed by atoms with van der Waals surface area (Å²) in [5.74, 6) is 1.58. The molecule has 0 saturated heterocycles. The van der Waals surface area contributed by atoms with Gasteiger partial charge in [0.2, 0.25) is 11.1 Å². The zero-order valence-electron chi connectivity index (χ0n) is 19.5. The first-order valence-corrected chi connectivity index (χ1v) is 12.5. The molecule has 7 nitrogen and oxygen atoms in total. The highest BCUT2D eigenvalue weighted by Gasteiger charge is 2.35. The fraction of sp³-hybridized carbons (Fsp3) is 0.320. The topological polar surface area (TPSA) is 78.3 Å². The number of anilines is 1.